The second kappa shape index (κ2) is 15.1. The minimum Gasteiger partial charge on any atom is -0.492 e. The Morgan fingerprint density at radius 2 is 1.90 bits per heavy atom. The number of hydrogen-bond donors (Lipinski definition) is 2. The van der Waals surface area contributed by atoms with Crippen LogP contribution >= 0.6 is 24.0 Å². The number of benzene rings is 1. The number of ether oxygens (including phenoxy) is 1. The third-order valence-electron chi connectivity index (χ3n) is 4.88. The monoisotopic (exact) mass is 543 g/mol. The molecule has 7 nitrogen and oxygen atoms in total. The molecule has 0 unspecified atom stereocenters. The molecular weight excluding hydrogens is 505 g/mol. The van der Waals surface area contributed by atoms with Gasteiger partial charge in [-0.15, -0.1) is 24.0 Å². The summed E-state index contributed by atoms with van der Waals surface area (Å²) in [6, 6.07) is 10.1. The molecule has 2 N–H and O–H groups in total. The molecule has 0 radical (unpaired) electrons. The van der Waals surface area contributed by atoms with Gasteiger partial charge in [0.1, 0.15) is 12.4 Å². The number of nitrogens with one attached hydrogen (secondary N) is 2. The highest BCUT2D eigenvalue weighted by atomic mass is 127. The topological polar surface area (TPSA) is 74.9 Å². The number of aliphatic imine (C=N–C) groups is 1. The lowest BCUT2D eigenvalue weighted by Gasteiger charge is -2.18. The number of rotatable bonds is 12. The summed E-state index contributed by atoms with van der Waals surface area (Å²) in [4.78, 5) is 7.07. The normalized spacial score (nSPS) is 11.5. The Morgan fingerprint density at radius 3 is 2.55 bits per heavy atom. The molecule has 0 spiro atoms. The first-order valence-corrected chi connectivity index (χ1v) is 11.0. The van der Waals surface area contributed by atoms with Crippen molar-refractivity contribution in [2.75, 3.05) is 32.8 Å². The van der Waals surface area contributed by atoms with Crippen molar-refractivity contribution in [2.24, 2.45) is 4.99 Å². The first-order chi connectivity index (χ1) is 14.6. The van der Waals surface area contributed by atoms with E-state index in [0.29, 0.717) is 25.6 Å². The summed E-state index contributed by atoms with van der Waals surface area (Å²) in [6.45, 7) is 16.1. The van der Waals surface area contributed by atoms with Crippen LogP contribution in [0, 0.1) is 0 Å². The van der Waals surface area contributed by atoms with E-state index in [-0.39, 0.29) is 24.0 Å². The minimum atomic E-state index is 0. The van der Waals surface area contributed by atoms with Gasteiger partial charge >= 0.3 is 0 Å². The number of hydrogen-bond acceptors (Lipinski definition) is 5. The molecule has 0 saturated carbocycles. The quantitative estimate of drug-likeness (QED) is 0.235. The number of likely N-dealkylation sites (N-methyl/N-ethyl adjacent to an activating group) is 1. The zero-order valence-corrected chi connectivity index (χ0v) is 21.8. The van der Waals surface area contributed by atoms with Gasteiger partial charge in [0.2, 0.25) is 0 Å². The Morgan fingerprint density at radius 1 is 1.16 bits per heavy atom. The van der Waals surface area contributed by atoms with E-state index in [0.717, 1.165) is 54.9 Å². The van der Waals surface area contributed by atoms with Crippen LogP contribution in [0.1, 0.15) is 57.6 Å². The Hall–Kier alpha value is -1.81. The predicted octanol–water partition coefficient (Wildman–Crippen LogP) is 4.39. The zero-order chi connectivity index (χ0) is 21.8. The van der Waals surface area contributed by atoms with Gasteiger partial charge in [-0.2, -0.15) is 0 Å². The Labute approximate surface area is 204 Å². The van der Waals surface area contributed by atoms with Gasteiger partial charge in [-0.25, -0.2) is 4.99 Å². The number of guanidine groups is 1. The van der Waals surface area contributed by atoms with Crippen molar-refractivity contribution in [3.8, 4) is 5.75 Å². The Balaban J connectivity index is 0.00000480. The highest BCUT2D eigenvalue weighted by molar-refractivity contribution is 14.0. The smallest absolute Gasteiger partial charge is 0.191 e. The van der Waals surface area contributed by atoms with Crippen molar-refractivity contribution in [3.05, 3.63) is 47.3 Å². The summed E-state index contributed by atoms with van der Waals surface area (Å²) >= 11 is 0. The molecule has 0 aliphatic heterocycles. The third-order valence-corrected chi connectivity index (χ3v) is 4.88. The van der Waals surface area contributed by atoms with Crippen LogP contribution in [0.25, 0.3) is 0 Å². The maximum atomic E-state index is 6.04. The van der Waals surface area contributed by atoms with Gasteiger partial charge < -0.3 is 24.8 Å². The molecule has 1 aromatic heterocycles. The van der Waals surface area contributed by atoms with Gasteiger partial charge in [0.25, 0.3) is 0 Å². The van der Waals surface area contributed by atoms with Crippen LogP contribution in [0.2, 0.25) is 0 Å². The molecular formula is C23H38IN5O2. The lowest BCUT2D eigenvalue weighted by atomic mass is 10.1. The van der Waals surface area contributed by atoms with Gasteiger partial charge in [-0.3, -0.25) is 0 Å². The van der Waals surface area contributed by atoms with Gasteiger partial charge in [-0.05, 0) is 32.0 Å². The van der Waals surface area contributed by atoms with Crippen LogP contribution in [0.15, 0.2) is 39.8 Å². The van der Waals surface area contributed by atoms with Gasteiger partial charge in [0, 0.05) is 24.7 Å². The molecule has 2 rings (SSSR count). The van der Waals surface area contributed by atoms with Gasteiger partial charge in [0.05, 0.1) is 18.8 Å². The molecule has 0 fully saturated rings. The summed E-state index contributed by atoms with van der Waals surface area (Å²) in [5.74, 6) is 2.77. The number of aromatic nitrogens is 1. The lowest BCUT2D eigenvalue weighted by molar-refractivity contribution is 0.221. The average molecular weight is 543 g/mol. The fourth-order valence-corrected chi connectivity index (χ4v) is 2.96. The molecule has 0 aliphatic rings. The van der Waals surface area contributed by atoms with E-state index in [1.807, 2.05) is 31.2 Å². The minimum absolute atomic E-state index is 0. The van der Waals surface area contributed by atoms with Crippen LogP contribution in [0.3, 0.4) is 0 Å². The molecule has 174 valence electrons. The fraction of sp³-hybridized carbons (Fsp3) is 0.565. The van der Waals surface area contributed by atoms with Gasteiger partial charge in [-0.1, -0.05) is 51.1 Å². The molecule has 1 aromatic carbocycles. The van der Waals surface area contributed by atoms with E-state index in [2.05, 4.69) is 54.5 Å². The van der Waals surface area contributed by atoms with Crippen LogP contribution in [-0.2, 0) is 13.1 Å². The van der Waals surface area contributed by atoms with Crippen molar-refractivity contribution in [1.29, 1.82) is 0 Å². The summed E-state index contributed by atoms with van der Waals surface area (Å²) in [5.41, 5.74) is 2.03. The second-order valence-electron chi connectivity index (χ2n) is 7.40. The SMILES string of the molecule is CCNC(=NCc1ccccc1OCCN(CC)CC)NCc1cc(C(C)C)no1.I. The molecule has 0 aliphatic carbocycles. The van der Waals surface area contributed by atoms with E-state index in [1.54, 1.807) is 0 Å². The van der Waals surface area contributed by atoms with Crippen LogP contribution < -0.4 is 15.4 Å². The molecule has 1 heterocycles. The summed E-state index contributed by atoms with van der Waals surface area (Å²) in [5, 5.41) is 10.7. The predicted molar refractivity (Wildman–Crippen MR) is 137 cm³/mol. The second-order valence-corrected chi connectivity index (χ2v) is 7.40. The zero-order valence-electron chi connectivity index (χ0n) is 19.5. The molecule has 2 aromatic rings. The summed E-state index contributed by atoms with van der Waals surface area (Å²) in [7, 11) is 0. The van der Waals surface area contributed by atoms with Crippen molar-refractivity contribution in [3.63, 3.8) is 0 Å². The van der Waals surface area contributed by atoms with E-state index in [9.17, 15) is 0 Å². The third kappa shape index (κ3) is 9.47. The molecule has 0 saturated heterocycles. The molecule has 0 bridgehead atoms. The average Bonchev–Trinajstić information content (AvgIpc) is 3.23. The van der Waals surface area contributed by atoms with Crippen LogP contribution in [0.5, 0.6) is 5.75 Å². The van der Waals surface area contributed by atoms with Crippen molar-refractivity contribution in [2.45, 2.75) is 53.6 Å². The molecule has 0 atom stereocenters. The first kappa shape index (κ1) is 27.2. The van der Waals surface area contributed by atoms with Gasteiger partial charge in [0.15, 0.2) is 11.7 Å². The number of halogens is 1. The van der Waals surface area contributed by atoms with Crippen molar-refractivity contribution < 1.29 is 9.26 Å². The van der Waals surface area contributed by atoms with Crippen molar-refractivity contribution >= 4 is 29.9 Å². The molecule has 31 heavy (non-hydrogen) atoms. The highest BCUT2D eigenvalue weighted by Gasteiger charge is 2.09. The van der Waals surface area contributed by atoms with Crippen molar-refractivity contribution in [1.82, 2.24) is 20.7 Å². The summed E-state index contributed by atoms with van der Waals surface area (Å²) < 4.78 is 11.4. The van der Waals surface area contributed by atoms with E-state index in [4.69, 9.17) is 14.3 Å². The van der Waals surface area contributed by atoms with E-state index in [1.165, 1.54) is 0 Å². The maximum Gasteiger partial charge on any atom is 0.191 e. The van der Waals surface area contributed by atoms with Crippen LogP contribution in [0.4, 0.5) is 0 Å². The fourth-order valence-electron chi connectivity index (χ4n) is 2.96. The molecule has 8 heteroatoms. The molecule has 0 amide bonds. The Bertz CT molecular complexity index is 775. The van der Waals surface area contributed by atoms with E-state index >= 15 is 0 Å². The lowest BCUT2D eigenvalue weighted by Crippen LogP contribution is -2.36. The summed E-state index contributed by atoms with van der Waals surface area (Å²) in [6.07, 6.45) is 0. The first-order valence-electron chi connectivity index (χ1n) is 11.0. The largest absolute Gasteiger partial charge is 0.492 e. The van der Waals surface area contributed by atoms with E-state index < -0.39 is 0 Å². The Kier molecular flexibility index (Phi) is 13.2. The number of nitrogens with zero attached hydrogens (tertiary/aromatic N) is 3. The number of para-hydroxylation sites is 1. The highest BCUT2D eigenvalue weighted by Crippen LogP contribution is 2.19. The standard InChI is InChI=1S/C23H37N5O2.HI/c1-6-24-23(26-17-20-15-21(18(4)5)27-30-20)25-16-19-11-9-10-12-22(19)29-14-13-28(7-2)8-3;/h9-12,15,18H,6-8,13-14,16-17H2,1-5H3,(H2,24,25,26);1H. The van der Waals surface area contributed by atoms with Crippen LogP contribution in [-0.4, -0.2) is 48.8 Å². The maximum absolute atomic E-state index is 6.04.